The Kier molecular flexibility index (Phi) is 9.63. The van der Waals surface area contributed by atoms with Gasteiger partial charge in [-0.15, -0.1) is 0 Å². The molecular formula is C17H32O2. The molecule has 0 aromatic rings. The number of unbranched alkanes of at least 4 members (excludes halogenated alkanes) is 6. The fourth-order valence-electron chi connectivity index (χ4n) is 1.73. The largest absolute Gasteiger partial charge is 0.456 e. The van der Waals surface area contributed by atoms with Crippen LogP contribution < -0.4 is 0 Å². The third-order valence-corrected chi connectivity index (χ3v) is 3.55. The monoisotopic (exact) mass is 268 g/mol. The van der Waals surface area contributed by atoms with E-state index in [2.05, 4.69) is 6.92 Å². The maximum atomic E-state index is 11.8. The summed E-state index contributed by atoms with van der Waals surface area (Å²) < 4.78 is 5.45. The van der Waals surface area contributed by atoms with Crippen molar-refractivity contribution in [3.05, 3.63) is 11.6 Å². The van der Waals surface area contributed by atoms with Crippen LogP contribution in [-0.4, -0.2) is 11.6 Å². The molecule has 0 radical (unpaired) electrons. The lowest BCUT2D eigenvalue weighted by molar-refractivity contribution is -0.151. The predicted molar refractivity (Wildman–Crippen MR) is 82.2 cm³/mol. The van der Waals surface area contributed by atoms with Crippen LogP contribution in [0.3, 0.4) is 0 Å². The average molecular weight is 268 g/mol. The molecule has 0 atom stereocenters. The van der Waals surface area contributed by atoms with Crippen LogP contribution in [0.1, 0.15) is 86.0 Å². The Labute approximate surface area is 119 Å². The number of allylic oxidation sites excluding steroid dienone is 1. The first-order valence-electron chi connectivity index (χ1n) is 7.83. The van der Waals surface area contributed by atoms with Crippen molar-refractivity contribution in [2.24, 2.45) is 0 Å². The maximum Gasteiger partial charge on any atom is 0.333 e. The minimum atomic E-state index is -0.355. The van der Waals surface area contributed by atoms with Gasteiger partial charge in [0.1, 0.15) is 5.60 Å². The van der Waals surface area contributed by atoms with Crippen molar-refractivity contribution in [3.8, 4) is 0 Å². The van der Waals surface area contributed by atoms with Crippen LogP contribution in [0.4, 0.5) is 0 Å². The molecule has 0 amide bonds. The van der Waals surface area contributed by atoms with Crippen LogP contribution in [-0.2, 0) is 9.53 Å². The second-order valence-corrected chi connectivity index (χ2v) is 5.95. The van der Waals surface area contributed by atoms with E-state index in [0.717, 1.165) is 18.4 Å². The highest BCUT2D eigenvalue weighted by Gasteiger charge is 2.20. The molecule has 2 nitrogen and oxygen atoms in total. The van der Waals surface area contributed by atoms with E-state index < -0.39 is 0 Å². The number of hydrogen-bond acceptors (Lipinski definition) is 2. The van der Waals surface area contributed by atoms with Crippen LogP contribution >= 0.6 is 0 Å². The molecule has 0 saturated carbocycles. The van der Waals surface area contributed by atoms with Gasteiger partial charge in [0.25, 0.3) is 0 Å². The van der Waals surface area contributed by atoms with Crippen molar-refractivity contribution in [1.82, 2.24) is 0 Å². The van der Waals surface area contributed by atoms with Gasteiger partial charge < -0.3 is 4.74 Å². The first-order chi connectivity index (χ1) is 8.93. The number of hydrogen-bond donors (Lipinski definition) is 0. The first-order valence-corrected chi connectivity index (χ1v) is 7.83. The lowest BCUT2D eigenvalue weighted by Crippen LogP contribution is -2.27. The molecule has 0 aliphatic rings. The SMILES string of the molecule is CCCCCCCCC=C(C)C(=O)OC(C)(C)CC. The quantitative estimate of drug-likeness (QED) is 0.300. The molecule has 0 saturated heterocycles. The van der Waals surface area contributed by atoms with E-state index >= 15 is 0 Å². The molecule has 19 heavy (non-hydrogen) atoms. The smallest absolute Gasteiger partial charge is 0.333 e. The third-order valence-electron chi connectivity index (χ3n) is 3.55. The molecule has 0 heterocycles. The second kappa shape index (κ2) is 10.1. The van der Waals surface area contributed by atoms with Crippen molar-refractivity contribution in [2.75, 3.05) is 0 Å². The Bertz CT molecular complexity index is 277. The number of esters is 1. The van der Waals surface area contributed by atoms with Gasteiger partial charge in [-0.1, -0.05) is 52.0 Å². The predicted octanol–water partition coefficient (Wildman–Crippen LogP) is 5.42. The van der Waals surface area contributed by atoms with Gasteiger partial charge in [-0.05, 0) is 40.0 Å². The summed E-state index contributed by atoms with van der Waals surface area (Å²) in [4.78, 5) is 11.8. The van der Waals surface area contributed by atoms with Crippen LogP contribution in [0.15, 0.2) is 11.6 Å². The molecule has 0 N–H and O–H groups in total. The van der Waals surface area contributed by atoms with Gasteiger partial charge in [-0.3, -0.25) is 0 Å². The van der Waals surface area contributed by atoms with E-state index in [-0.39, 0.29) is 11.6 Å². The van der Waals surface area contributed by atoms with Gasteiger partial charge in [-0.2, -0.15) is 0 Å². The molecule has 0 aromatic carbocycles. The second-order valence-electron chi connectivity index (χ2n) is 5.95. The van der Waals surface area contributed by atoms with Gasteiger partial charge in [0.15, 0.2) is 0 Å². The minimum Gasteiger partial charge on any atom is -0.456 e. The standard InChI is InChI=1S/C17H32O2/c1-6-8-9-10-11-12-13-14-15(3)16(18)19-17(4,5)7-2/h14H,6-13H2,1-5H3. The molecule has 0 aliphatic heterocycles. The lowest BCUT2D eigenvalue weighted by Gasteiger charge is -2.23. The summed E-state index contributed by atoms with van der Waals surface area (Å²) in [6, 6.07) is 0. The highest BCUT2D eigenvalue weighted by atomic mass is 16.6. The number of ether oxygens (including phenoxy) is 1. The lowest BCUT2D eigenvalue weighted by atomic mass is 10.1. The minimum absolute atomic E-state index is 0.169. The number of carbonyl (C=O) groups is 1. The van der Waals surface area contributed by atoms with E-state index in [0.29, 0.717) is 0 Å². The van der Waals surface area contributed by atoms with Crippen molar-refractivity contribution in [1.29, 1.82) is 0 Å². The Morgan fingerprint density at radius 2 is 1.63 bits per heavy atom. The molecule has 0 aromatic heterocycles. The zero-order chi connectivity index (χ0) is 14.7. The average Bonchev–Trinajstić information content (AvgIpc) is 2.37. The van der Waals surface area contributed by atoms with Crippen molar-refractivity contribution < 1.29 is 9.53 Å². The van der Waals surface area contributed by atoms with Gasteiger partial charge in [0, 0.05) is 5.57 Å². The summed E-state index contributed by atoms with van der Waals surface area (Å²) in [6.45, 7) is 10.0. The molecule has 0 aliphatic carbocycles. The van der Waals surface area contributed by atoms with Crippen molar-refractivity contribution in [3.63, 3.8) is 0 Å². The van der Waals surface area contributed by atoms with Crippen LogP contribution in [0, 0.1) is 0 Å². The van der Waals surface area contributed by atoms with Crippen molar-refractivity contribution >= 4 is 5.97 Å². The van der Waals surface area contributed by atoms with Crippen molar-refractivity contribution in [2.45, 2.75) is 91.6 Å². The topological polar surface area (TPSA) is 26.3 Å². The Balaban J connectivity index is 3.84. The zero-order valence-corrected chi connectivity index (χ0v) is 13.6. The summed E-state index contributed by atoms with van der Waals surface area (Å²) in [5, 5.41) is 0. The molecular weight excluding hydrogens is 236 g/mol. The number of rotatable bonds is 10. The van der Waals surface area contributed by atoms with Gasteiger partial charge >= 0.3 is 5.97 Å². The zero-order valence-electron chi connectivity index (χ0n) is 13.6. The molecule has 0 fully saturated rings. The summed E-state index contributed by atoms with van der Waals surface area (Å²) in [7, 11) is 0. The fraction of sp³-hybridized carbons (Fsp3) is 0.824. The molecule has 0 rings (SSSR count). The van der Waals surface area contributed by atoms with E-state index in [4.69, 9.17) is 4.74 Å². The summed E-state index contributed by atoms with van der Waals surface area (Å²) >= 11 is 0. The van der Waals surface area contributed by atoms with E-state index in [1.54, 1.807) is 0 Å². The highest BCUT2D eigenvalue weighted by molar-refractivity contribution is 5.87. The summed E-state index contributed by atoms with van der Waals surface area (Å²) in [5.41, 5.74) is 0.391. The van der Waals surface area contributed by atoms with E-state index in [1.165, 1.54) is 38.5 Å². The van der Waals surface area contributed by atoms with Gasteiger partial charge in [0.05, 0.1) is 0 Å². The van der Waals surface area contributed by atoms with Gasteiger partial charge in [-0.25, -0.2) is 4.79 Å². The Morgan fingerprint density at radius 1 is 1.05 bits per heavy atom. The van der Waals surface area contributed by atoms with Crippen LogP contribution in [0.25, 0.3) is 0 Å². The molecule has 0 bridgehead atoms. The molecule has 2 heteroatoms. The maximum absolute atomic E-state index is 11.8. The summed E-state index contributed by atoms with van der Waals surface area (Å²) in [5.74, 6) is -0.169. The number of carbonyl (C=O) groups excluding carboxylic acids is 1. The first kappa shape index (κ1) is 18.2. The van der Waals surface area contributed by atoms with Crippen LogP contribution in [0.2, 0.25) is 0 Å². The molecule has 0 unspecified atom stereocenters. The van der Waals surface area contributed by atoms with Gasteiger partial charge in [0.2, 0.25) is 0 Å². The Hall–Kier alpha value is -0.790. The van der Waals surface area contributed by atoms with E-state index in [1.807, 2.05) is 33.8 Å². The summed E-state index contributed by atoms with van der Waals surface area (Å²) in [6.07, 6.45) is 11.6. The normalized spacial score (nSPS) is 12.6. The van der Waals surface area contributed by atoms with E-state index in [9.17, 15) is 4.79 Å². The molecule has 112 valence electrons. The fourth-order valence-corrected chi connectivity index (χ4v) is 1.73. The third kappa shape index (κ3) is 9.75. The van der Waals surface area contributed by atoms with Crippen LogP contribution in [0.5, 0.6) is 0 Å². The Morgan fingerprint density at radius 3 is 2.21 bits per heavy atom. The molecule has 0 spiro atoms. The highest BCUT2D eigenvalue weighted by Crippen LogP contribution is 2.16.